The van der Waals surface area contributed by atoms with Gasteiger partial charge in [-0.3, -0.25) is 0 Å². The van der Waals surface area contributed by atoms with Gasteiger partial charge in [-0.25, -0.2) is 4.79 Å². The minimum absolute atomic E-state index is 0.406. The highest BCUT2D eigenvalue weighted by molar-refractivity contribution is 7.18. The Hall–Kier alpha value is -1.52. The van der Waals surface area contributed by atoms with Gasteiger partial charge in [0.2, 0.25) is 0 Å². The number of nitrogens with two attached hydrogens (primary N) is 1. The largest absolute Gasteiger partial charge is 0.465 e. The van der Waals surface area contributed by atoms with Crippen molar-refractivity contribution in [3.8, 4) is 10.4 Å². The van der Waals surface area contributed by atoms with Gasteiger partial charge in [0.05, 0.1) is 12.8 Å². The van der Waals surface area contributed by atoms with Crippen LogP contribution in [0.3, 0.4) is 0 Å². The van der Waals surface area contributed by atoms with Crippen LogP contribution in [0.1, 0.15) is 27.7 Å². The Balaban J connectivity index is 2.64. The molecule has 2 rings (SSSR count). The average molecular weight is 310 g/mol. The van der Waals surface area contributed by atoms with Crippen LogP contribution >= 0.6 is 22.9 Å². The van der Waals surface area contributed by atoms with Crippen LogP contribution < -0.4 is 5.73 Å². The molecule has 0 bridgehead atoms. The normalized spacial score (nSPS) is 10.6. The molecule has 20 heavy (non-hydrogen) atoms. The van der Waals surface area contributed by atoms with Crippen LogP contribution in [0.5, 0.6) is 0 Å². The molecule has 1 heterocycles. The Kier molecular flexibility index (Phi) is 4.35. The van der Waals surface area contributed by atoms with E-state index in [4.69, 9.17) is 22.1 Å². The summed E-state index contributed by atoms with van der Waals surface area (Å²) in [6, 6.07) is 5.86. The number of rotatable bonds is 3. The van der Waals surface area contributed by atoms with Crippen LogP contribution in [0, 0.1) is 6.92 Å². The van der Waals surface area contributed by atoms with Crippen molar-refractivity contribution in [2.24, 2.45) is 0 Å². The van der Waals surface area contributed by atoms with E-state index in [1.165, 1.54) is 18.4 Å². The average Bonchev–Trinajstić information content (AvgIpc) is 2.74. The van der Waals surface area contributed by atoms with E-state index in [9.17, 15) is 4.79 Å². The predicted molar refractivity (Wildman–Crippen MR) is 84.6 cm³/mol. The molecule has 1 aromatic carbocycles. The first-order valence-electron chi connectivity index (χ1n) is 6.25. The molecular weight excluding hydrogens is 294 g/mol. The van der Waals surface area contributed by atoms with Gasteiger partial charge in [-0.05, 0) is 30.5 Å². The summed E-state index contributed by atoms with van der Waals surface area (Å²) in [5.41, 5.74) is 9.51. The minimum Gasteiger partial charge on any atom is -0.465 e. The van der Waals surface area contributed by atoms with Gasteiger partial charge in [-0.2, -0.15) is 0 Å². The number of esters is 1. The maximum atomic E-state index is 11.8. The Labute approximate surface area is 127 Å². The summed E-state index contributed by atoms with van der Waals surface area (Å²) >= 11 is 7.65. The topological polar surface area (TPSA) is 52.3 Å². The Bertz CT molecular complexity index is 664. The molecule has 0 atom stereocenters. The zero-order chi connectivity index (χ0) is 14.9. The lowest BCUT2D eigenvalue weighted by Crippen LogP contribution is -2.02. The third-order valence-corrected chi connectivity index (χ3v) is 4.72. The van der Waals surface area contributed by atoms with E-state index in [-0.39, 0.29) is 0 Å². The second kappa shape index (κ2) is 5.85. The highest BCUT2D eigenvalue weighted by Gasteiger charge is 2.22. The van der Waals surface area contributed by atoms with Crippen molar-refractivity contribution in [3.05, 3.63) is 39.2 Å². The zero-order valence-electron chi connectivity index (χ0n) is 11.6. The maximum absolute atomic E-state index is 11.8. The predicted octanol–water partition coefficient (Wildman–Crippen LogP) is 4.31. The van der Waals surface area contributed by atoms with Crippen LogP contribution in [-0.4, -0.2) is 13.1 Å². The SMILES string of the molecule is CCc1c(-c2ccc(C)cc2Cl)sc(C(=O)OC)c1N. The Morgan fingerprint density at radius 1 is 1.45 bits per heavy atom. The summed E-state index contributed by atoms with van der Waals surface area (Å²) in [7, 11) is 1.35. The van der Waals surface area contributed by atoms with Gasteiger partial charge in [0.1, 0.15) is 4.88 Å². The van der Waals surface area contributed by atoms with Crippen LogP contribution in [-0.2, 0) is 11.2 Å². The molecule has 5 heteroatoms. The smallest absolute Gasteiger partial charge is 0.350 e. The lowest BCUT2D eigenvalue weighted by atomic mass is 10.0. The number of carbonyl (C=O) groups is 1. The molecule has 0 radical (unpaired) electrons. The first-order valence-corrected chi connectivity index (χ1v) is 7.45. The van der Waals surface area contributed by atoms with E-state index >= 15 is 0 Å². The van der Waals surface area contributed by atoms with Gasteiger partial charge in [0.25, 0.3) is 0 Å². The molecule has 0 saturated heterocycles. The third-order valence-electron chi connectivity index (χ3n) is 3.14. The maximum Gasteiger partial charge on any atom is 0.350 e. The third kappa shape index (κ3) is 2.53. The van der Waals surface area contributed by atoms with Gasteiger partial charge >= 0.3 is 5.97 Å². The van der Waals surface area contributed by atoms with E-state index in [2.05, 4.69) is 0 Å². The molecule has 0 aliphatic heterocycles. The number of thiophene rings is 1. The van der Waals surface area contributed by atoms with Crippen molar-refractivity contribution in [3.63, 3.8) is 0 Å². The first kappa shape index (κ1) is 14.9. The molecule has 2 N–H and O–H groups in total. The van der Waals surface area contributed by atoms with Crippen molar-refractivity contribution in [1.29, 1.82) is 0 Å². The fraction of sp³-hybridized carbons (Fsp3) is 0.267. The molecule has 3 nitrogen and oxygen atoms in total. The lowest BCUT2D eigenvalue weighted by molar-refractivity contribution is 0.0607. The van der Waals surface area contributed by atoms with Gasteiger partial charge in [-0.1, -0.05) is 30.7 Å². The molecule has 0 amide bonds. The van der Waals surface area contributed by atoms with Crippen molar-refractivity contribution >= 4 is 34.6 Å². The highest BCUT2D eigenvalue weighted by atomic mass is 35.5. The molecule has 0 saturated carbocycles. The van der Waals surface area contributed by atoms with Crippen molar-refractivity contribution in [2.45, 2.75) is 20.3 Å². The molecule has 0 aliphatic rings. The molecule has 2 aromatic rings. The Morgan fingerprint density at radius 2 is 2.15 bits per heavy atom. The van der Waals surface area contributed by atoms with Crippen LogP contribution in [0.25, 0.3) is 10.4 Å². The van der Waals surface area contributed by atoms with Gasteiger partial charge in [0.15, 0.2) is 0 Å². The number of ether oxygens (including phenoxy) is 1. The molecular formula is C15H16ClNO2S. The van der Waals surface area contributed by atoms with Crippen molar-refractivity contribution < 1.29 is 9.53 Å². The zero-order valence-corrected chi connectivity index (χ0v) is 13.2. The van der Waals surface area contributed by atoms with E-state index in [0.717, 1.165) is 28.0 Å². The van der Waals surface area contributed by atoms with E-state index in [1.54, 1.807) is 0 Å². The quantitative estimate of drug-likeness (QED) is 0.860. The summed E-state index contributed by atoms with van der Waals surface area (Å²) in [6.07, 6.45) is 0.735. The van der Waals surface area contributed by atoms with E-state index in [1.807, 2.05) is 32.0 Å². The summed E-state index contributed by atoms with van der Waals surface area (Å²) in [5.74, 6) is -0.406. The number of carbonyl (C=O) groups excluding carboxylic acids is 1. The number of nitrogen functional groups attached to an aromatic ring is 1. The fourth-order valence-corrected chi connectivity index (χ4v) is 3.75. The van der Waals surface area contributed by atoms with Gasteiger partial charge in [0, 0.05) is 15.5 Å². The lowest BCUT2D eigenvalue weighted by Gasteiger charge is -2.06. The van der Waals surface area contributed by atoms with Gasteiger partial charge < -0.3 is 10.5 Å². The minimum atomic E-state index is -0.406. The van der Waals surface area contributed by atoms with Crippen LogP contribution in [0.4, 0.5) is 5.69 Å². The molecule has 1 aromatic heterocycles. The molecule has 0 unspecified atom stereocenters. The number of aryl methyl sites for hydroxylation is 1. The Morgan fingerprint density at radius 3 is 2.70 bits per heavy atom. The summed E-state index contributed by atoms with van der Waals surface area (Å²) in [6.45, 7) is 3.99. The van der Waals surface area contributed by atoms with Crippen LogP contribution in [0.15, 0.2) is 18.2 Å². The monoisotopic (exact) mass is 309 g/mol. The standard InChI is InChI=1S/C15H16ClNO2S/c1-4-9-12(17)14(15(18)19-3)20-13(9)10-6-5-8(2)7-11(10)16/h5-7H,4,17H2,1-3H3. The number of benzene rings is 1. The van der Waals surface area contributed by atoms with Crippen molar-refractivity contribution in [1.82, 2.24) is 0 Å². The van der Waals surface area contributed by atoms with Crippen LogP contribution in [0.2, 0.25) is 5.02 Å². The second-order valence-corrected chi connectivity index (χ2v) is 5.91. The number of hydrogen-bond acceptors (Lipinski definition) is 4. The number of anilines is 1. The first-order chi connectivity index (χ1) is 9.49. The number of methoxy groups -OCH3 is 1. The molecule has 0 aliphatic carbocycles. The second-order valence-electron chi connectivity index (χ2n) is 4.48. The van der Waals surface area contributed by atoms with E-state index < -0.39 is 5.97 Å². The molecule has 0 fully saturated rings. The highest BCUT2D eigenvalue weighted by Crippen LogP contribution is 2.42. The summed E-state index contributed by atoms with van der Waals surface area (Å²) in [5, 5.41) is 0.664. The molecule has 106 valence electrons. The number of hydrogen-bond donors (Lipinski definition) is 1. The summed E-state index contributed by atoms with van der Waals surface area (Å²) < 4.78 is 4.77. The van der Waals surface area contributed by atoms with Gasteiger partial charge in [-0.15, -0.1) is 11.3 Å². The number of halogens is 1. The molecule has 0 spiro atoms. The summed E-state index contributed by atoms with van der Waals surface area (Å²) in [4.78, 5) is 13.1. The van der Waals surface area contributed by atoms with Crippen molar-refractivity contribution in [2.75, 3.05) is 12.8 Å². The fourth-order valence-electron chi connectivity index (χ4n) is 2.10. The van der Waals surface area contributed by atoms with E-state index in [0.29, 0.717) is 15.6 Å².